The third kappa shape index (κ3) is 6.58. The van der Waals surface area contributed by atoms with Crippen molar-refractivity contribution in [1.29, 1.82) is 0 Å². The second kappa shape index (κ2) is 11.0. The molecule has 7 nitrogen and oxygen atoms in total. The molecule has 0 fully saturated rings. The fourth-order valence-corrected chi connectivity index (χ4v) is 2.67. The molecule has 164 valence electrons. The van der Waals surface area contributed by atoms with Crippen LogP contribution in [0.5, 0.6) is 17.2 Å². The summed E-state index contributed by atoms with van der Waals surface area (Å²) >= 11 is 5.83. The Labute approximate surface area is 190 Å². The van der Waals surface area contributed by atoms with Gasteiger partial charge in [0.25, 0.3) is 5.91 Å². The third-order valence-electron chi connectivity index (χ3n) is 4.30. The van der Waals surface area contributed by atoms with Crippen molar-refractivity contribution in [2.24, 2.45) is 5.10 Å². The van der Waals surface area contributed by atoms with Gasteiger partial charge < -0.3 is 14.2 Å². The molecule has 3 aromatic carbocycles. The number of carbonyl (C=O) groups is 2. The molecule has 0 radical (unpaired) electrons. The van der Waals surface area contributed by atoms with Gasteiger partial charge in [0.15, 0.2) is 6.10 Å². The quantitative estimate of drug-likeness (QED) is 0.235. The summed E-state index contributed by atoms with van der Waals surface area (Å²) in [6.45, 7) is 1.62. The molecule has 0 spiro atoms. The normalized spacial score (nSPS) is 11.6. The van der Waals surface area contributed by atoms with E-state index < -0.39 is 18.0 Å². The van der Waals surface area contributed by atoms with Gasteiger partial charge in [-0.15, -0.1) is 0 Å². The summed E-state index contributed by atoms with van der Waals surface area (Å²) in [5.74, 6) is 0.693. The van der Waals surface area contributed by atoms with Gasteiger partial charge in [-0.2, -0.15) is 5.10 Å². The molecule has 0 aliphatic carbocycles. The van der Waals surface area contributed by atoms with Gasteiger partial charge in [0, 0.05) is 5.02 Å². The first-order valence-corrected chi connectivity index (χ1v) is 10.0. The second-order valence-electron chi connectivity index (χ2n) is 6.64. The lowest BCUT2D eigenvalue weighted by molar-refractivity contribution is -0.127. The number of esters is 1. The molecule has 0 saturated heterocycles. The largest absolute Gasteiger partial charge is 0.497 e. The van der Waals surface area contributed by atoms with E-state index in [1.165, 1.54) is 6.21 Å². The van der Waals surface area contributed by atoms with Gasteiger partial charge >= 0.3 is 5.97 Å². The van der Waals surface area contributed by atoms with Crippen molar-refractivity contribution in [3.63, 3.8) is 0 Å². The van der Waals surface area contributed by atoms with Crippen LogP contribution in [0.2, 0.25) is 5.02 Å². The van der Waals surface area contributed by atoms with Crippen molar-refractivity contribution in [2.45, 2.75) is 13.0 Å². The van der Waals surface area contributed by atoms with Crippen LogP contribution in [0.1, 0.15) is 22.8 Å². The first-order chi connectivity index (χ1) is 15.4. The van der Waals surface area contributed by atoms with Crippen molar-refractivity contribution in [3.8, 4) is 17.2 Å². The molecule has 0 heterocycles. The Kier molecular flexibility index (Phi) is 7.83. The van der Waals surface area contributed by atoms with E-state index in [2.05, 4.69) is 10.5 Å². The molecule has 0 aromatic heterocycles. The van der Waals surface area contributed by atoms with Crippen LogP contribution in [0, 0.1) is 0 Å². The van der Waals surface area contributed by atoms with Gasteiger partial charge in [-0.3, -0.25) is 4.79 Å². The smallest absolute Gasteiger partial charge is 0.343 e. The maximum atomic E-state index is 12.2. The SMILES string of the molecule is COc1ccc(C(=O)Oc2ccc(C=NNC(=O)C(C)Oc3ccc(Cl)cc3)cc2)cc1. The zero-order chi connectivity index (χ0) is 22.9. The molecule has 3 rings (SSSR count). The lowest BCUT2D eigenvalue weighted by Crippen LogP contribution is -2.33. The summed E-state index contributed by atoms with van der Waals surface area (Å²) in [5.41, 5.74) is 3.54. The van der Waals surface area contributed by atoms with E-state index >= 15 is 0 Å². The molecule has 1 unspecified atom stereocenters. The zero-order valence-electron chi connectivity index (χ0n) is 17.4. The maximum Gasteiger partial charge on any atom is 0.343 e. The highest BCUT2D eigenvalue weighted by Crippen LogP contribution is 2.17. The maximum absolute atomic E-state index is 12.2. The van der Waals surface area contributed by atoms with E-state index in [0.717, 1.165) is 0 Å². The Hall–Kier alpha value is -3.84. The van der Waals surface area contributed by atoms with Gasteiger partial charge in [0.2, 0.25) is 0 Å². The van der Waals surface area contributed by atoms with Gasteiger partial charge in [0.1, 0.15) is 17.2 Å². The molecule has 1 amide bonds. The predicted octanol–water partition coefficient (Wildman–Crippen LogP) is 4.49. The molecular formula is C24H21ClN2O5. The molecular weight excluding hydrogens is 432 g/mol. The van der Waals surface area contributed by atoms with E-state index in [1.807, 2.05) is 0 Å². The minimum Gasteiger partial charge on any atom is -0.497 e. The fourth-order valence-electron chi connectivity index (χ4n) is 2.55. The van der Waals surface area contributed by atoms with Crippen molar-refractivity contribution in [2.75, 3.05) is 7.11 Å². The van der Waals surface area contributed by atoms with E-state index in [0.29, 0.717) is 33.4 Å². The highest BCUT2D eigenvalue weighted by atomic mass is 35.5. The van der Waals surface area contributed by atoms with Gasteiger partial charge in [-0.1, -0.05) is 11.6 Å². The van der Waals surface area contributed by atoms with E-state index in [9.17, 15) is 9.59 Å². The summed E-state index contributed by atoms with van der Waals surface area (Å²) in [4.78, 5) is 24.3. The summed E-state index contributed by atoms with van der Waals surface area (Å²) in [5, 5.41) is 4.51. The van der Waals surface area contributed by atoms with Crippen LogP contribution < -0.4 is 19.6 Å². The highest BCUT2D eigenvalue weighted by Gasteiger charge is 2.14. The second-order valence-corrected chi connectivity index (χ2v) is 7.07. The average Bonchev–Trinajstić information content (AvgIpc) is 2.81. The molecule has 8 heteroatoms. The number of rotatable bonds is 8. The number of hydrogen-bond acceptors (Lipinski definition) is 6. The van der Waals surface area contributed by atoms with Gasteiger partial charge in [0.05, 0.1) is 18.9 Å². The molecule has 0 bridgehead atoms. The molecule has 0 aliphatic rings. The van der Waals surface area contributed by atoms with Gasteiger partial charge in [-0.25, -0.2) is 10.2 Å². The van der Waals surface area contributed by atoms with Crippen molar-refractivity contribution in [1.82, 2.24) is 5.43 Å². The number of benzene rings is 3. The zero-order valence-corrected chi connectivity index (χ0v) is 18.2. The van der Waals surface area contributed by atoms with Crippen LogP contribution in [0.3, 0.4) is 0 Å². The summed E-state index contributed by atoms with van der Waals surface area (Å²) in [6, 6.07) is 20.0. The Balaban J connectivity index is 1.49. The van der Waals surface area contributed by atoms with Gasteiger partial charge in [-0.05, 0) is 85.3 Å². The lowest BCUT2D eigenvalue weighted by atomic mass is 10.2. The van der Waals surface area contributed by atoms with E-state index in [4.69, 9.17) is 25.8 Å². The number of amides is 1. The van der Waals surface area contributed by atoms with Crippen LogP contribution in [0.15, 0.2) is 77.9 Å². The van der Waals surface area contributed by atoms with Crippen molar-refractivity contribution >= 4 is 29.7 Å². The fraction of sp³-hybridized carbons (Fsp3) is 0.125. The van der Waals surface area contributed by atoms with Crippen LogP contribution in [-0.4, -0.2) is 31.3 Å². The monoisotopic (exact) mass is 452 g/mol. The lowest BCUT2D eigenvalue weighted by Gasteiger charge is -2.12. The van der Waals surface area contributed by atoms with E-state index in [-0.39, 0.29) is 0 Å². The number of methoxy groups -OCH3 is 1. The van der Waals surface area contributed by atoms with E-state index in [1.54, 1.807) is 86.8 Å². The van der Waals surface area contributed by atoms with Crippen LogP contribution in [-0.2, 0) is 4.79 Å². The highest BCUT2D eigenvalue weighted by molar-refractivity contribution is 6.30. The average molecular weight is 453 g/mol. The number of halogens is 1. The Bertz CT molecular complexity index is 1080. The first kappa shape index (κ1) is 22.8. The third-order valence-corrected chi connectivity index (χ3v) is 4.55. The minimum absolute atomic E-state index is 0.386. The molecule has 0 saturated carbocycles. The minimum atomic E-state index is -0.743. The molecule has 3 aromatic rings. The van der Waals surface area contributed by atoms with Crippen LogP contribution in [0.4, 0.5) is 0 Å². The first-order valence-electron chi connectivity index (χ1n) is 9.66. The Morgan fingerprint density at radius 3 is 2.12 bits per heavy atom. The van der Waals surface area contributed by atoms with Crippen molar-refractivity contribution in [3.05, 3.63) is 88.9 Å². The topological polar surface area (TPSA) is 86.2 Å². The molecule has 32 heavy (non-hydrogen) atoms. The summed E-state index contributed by atoms with van der Waals surface area (Å²) in [7, 11) is 1.55. The Morgan fingerprint density at radius 2 is 1.50 bits per heavy atom. The van der Waals surface area contributed by atoms with Crippen LogP contribution in [0.25, 0.3) is 0 Å². The molecule has 0 aliphatic heterocycles. The predicted molar refractivity (Wildman–Crippen MR) is 122 cm³/mol. The summed E-state index contributed by atoms with van der Waals surface area (Å²) < 4.78 is 16.0. The van der Waals surface area contributed by atoms with Crippen molar-refractivity contribution < 1.29 is 23.8 Å². The van der Waals surface area contributed by atoms with Crippen LogP contribution >= 0.6 is 11.6 Å². The Morgan fingerprint density at radius 1 is 0.906 bits per heavy atom. The number of nitrogens with zero attached hydrogens (tertiary/aromatic N) is 1. The number of hydrogen-bond donors (Lipinski definition) is 1. The standard InChI is InChI=1S/C24H21ClN2O5/c1-16(31-21-13-7-19(25)8-14-21)23(28)27-26-15-17-3-9-22(10-4-17)32-24(29)18-5-11-20(30-2)12-6-18/h3-16H,1-2H3,(H,27,28). The molecule has 1 atom stereocenters. The summed E-state index contributed by atoms with van der Waals surface area (Å²) in [6.07, 6.45) is 0.732. The number of hydrazone groups is 1. The number of ether oxygens (including phenoxy) is 3. The number of carbonyl (C=O) groups excluding carboxylic acids is 2. The number of nitrogens with one attached hydrogen (secondary N) is 1. The molecule has 1 N–H and O–H groups in total.